The van der Waals surface area contributed by atoms with E-state index >= 15 is 0 Å². The first-order chi connectivity index (χ1) is 18.1. The lowest BCUT2D eigenvalue weighted by atomic mass is 9.81. The predicted molar refractivity (Wildman–Crippen MR) is 150 cm³/mol. The second-order valence-corrected chi connectivity index (χ2v) is 12.2. The van der Waals surface area contributed by atoms with Crippen molar-refractivity contribution in [3.63, 3.8) is 0 Å². The van der Waals surface area contributed by atoms with Crippen LogP contribution >= 0.6 is 11.8 Å². The number of aromatic amines is 1. The van der Waals surface area contributed by atoms with Gasteiger partial charge in [0, 0.05) is 37.0 Å². The first-order valence-electron chi connectivity index (χ1n) is 14.3. The van der Waals surface area contributed by atoms with E-state index < -0.39 is 0 Å². The van der Waals surface area contributed by atoms with Crippen LogP contribution in [0.25, 0.3) is 10.6 Å². The second-order valence-electron chi connectivity index (χ2n) is 11.2. The van der Waals surface area contributed by atoms with Gasteiger partial charge in [-0.15, -0.1) is 11.8 Å². The highest BCUT2D eigenvalue weighted by Crippen LogP contribution is 2.42. The lowest BCUT2D eigenvalue weighted by molar-refractivity contribution is 0.252. The standard InChI is InChI=1S/C28H41N7OS/c1-4-5-14-35-17-34(25(20-9-8-10-20)24-27(35)31-19(3)30-24)15-7-6-11-23-32-28(36-33-23)26-18(2)29-22-13-12-21(22)16-37-26/h21-22,29H,4-17H2,1-3H3,(H,30,31)/t21?,22-/m1/s1. The molecule has 0 radical (unpaired) electrons. The third-order valence-electron chi connectivity index (χ3n) is 8.41. The van der Waals surface area contributed by atoms with E-state index in [-0.39, 0.29) is 0 Å². The summed E-state index contributed by atoms with van der Waals surface area (Å²) in [5.41, 5.74) is 5.44. The molecule has 37 heavy (non-hydrogen) atoms. The zero-order valence-electron chi connectivity index (χ0n) is 22.6. The number of aryl methyl sites for hydroxylation is 2. The van der Waals surface area contributed by atoms with E-state index in [2.05, 4.69) is 46.0 Å². The van der Waals surface area contributed by atoms with E-state index in [9.17, 15) is 0 Å². The van der Waals surface area contributed by atoms with Gasteiger partial charge in [-0.2, -0.15) is 4.98 Å². The molecule has 2 aliphatic heterocycles. The number of imidazole rings is 1. The number of H-pyrrole nitrogens is 1. The van der Waals surface area contributed by atoms with Gasteiger partial charge >= 0.3 is 0 Å². The molecule has 4 heterocycles. The van der Waals surface area contributed by atoms with Crippen molar-refractivity contribution < 1.29 is 4.52 Å². The molecular formula is C28H41N7OS. The Balaban J connectivity index is 1.09. The molecule has 4 aliphatic rings. The molecule has 6 rings (SSSR count). The van der Waals surface area contributed by atoms with Crippen molar-refractivity contribution in [2.45, 2.75) is 91.0 Å². The van der Waals surface area contributed by atoms with Gasteiger partial charge in [0.15, 0.2) is 11.6 Å². The van der Waals surface area contributed by atoms with Gasteiger partial charge in [0.25, 0.3) is 5.89 Å². The van der Waals surface area contributed by atoms with Crippen molar-refractivity contribution in [3.8, 4) is 0 Å². The number of rotatable bonds is 9. The Kier molecular flexibility index (Phi) is 7.23. The highest BCUT2D eigenvalue weighted by atomic mass is 32.2. The average molecular weight is 524 g/mol. The molecule has 2 aromatic rings. The number of allylic oxidation sites excluding steroid dienone is 2. The number of aromatic nitrogens is 4. The Labute approximate surface area is 224 Å². The van der Waals surface area contributed by atoms with Crippen molar-refractivity contribution in [3.05, 3.63) is 34.5 Å². The zero-order valence-corrected chi connectivity index (χ0v) is 23.4. The van der Waals surface area contributed by atoms with E-state index in [1.165, 1.54) is 62.0 Å². The number of nitrogens with one attached hydrogen (secondary N) is 2. The molecule has 8 nitrogen and oxygen atoms in total. The smallest absolute Gasteiger partial charge is 0.266 e. The Morgan fingerprint density at radius 3 is 2.68 bits per heavy atom. The molecule has 1 unspecified atom stereocenters. The summed E-state index contributed by atoms with van der Waals surface area (Å²) in [6.45, 7) is 9.52. The molecule has 0 aromatic carbocycles. The highest BCUT2D eigenvalue weighted by Gasteiger charge is 2.35. The van der Waals surface area contributed by atoms with Gasteiger partial charge in [-0.3, -0.25) is 0 Å². The molecule has 2 N–H and O–H groups in total. The summed E-state index contributed by atoms with van der Waals surface area (Å²) in [5.74, 6) is 5.60. The Bertz CT molecular complexity index is 1180. The van der Waals surface area contributed by atoms with Gasteiger partial charge in [0.1, 0.15) is 11.5 Å². The third kappa shape index (κ3) is 5.03. The quantitative estimate of drug-likeness (QED) is 0.405. The van der Waals surface area contributed by atoms with Crippen molar-refractivity contribution in [2.75, 3.05) is 30.4 Å². The minimum atomic E-state index is 0.627. The van der Waals surface area contributed by atoms with Crippen LogP contribution in [-0.4, -0.2) is 56.6 Å². The molecule has 0 amide bonds. The molecule has 0 saturated heterocycles. The Morgan fingerprint density at radius 1 is 1.05 bits per heavy atom. The van der Waals surface area contributed by atoms with Gasteiger partial charge in [-0.05, 0) is 76.7 Å². The molecule has 0 bridgehead atoms. The van der Waals surface area contributed by atoms with Crippen LogP contribution in [-0.2, 0) is 6.42 Å². The highest BCUT2D eigenvalue weighted by molar-refractivity contribution is 8.08. The normalized spacial score (nSPS) is 23.3. The first-order valence-corrected chi connectivity index (χ1v) is 15.3. The van der Waals surface area contributed by atoms with E-state index in [0.29, 0.717) is 11.9 Å². The largest absolute Gasteiger partial charge is 0.384 e. The maximum atomic E-state index is 5.72. The molecule has 2 fully saturated rings. The fourth-order valence-corrected chi connectivity index (χ4v) is 7.19. The summed E-state index contributed by atoms with van der Waals surface area (Å²) in [6.07, 6.45) is 11.7. The topological polar surface area (TPSA) is 86.1 Å². The summed E-state index contributed by atoms with van der Waals surface area (Å²) in [6, 6.07) is 0.627. The van der Waals surface area contributed by atoms with E-state index in [4.69, 9.17) is 14.5 Å². The Hall–Kier alpha value is -2.42. The fourth-order valence-electron chi connectivity index (χ4n) is 5.93. The van der Waals surface area contributed by atoms with Gasteiger partial charge in [-0.1, -0.05) is 18.5 Å². The molecule has 200 valence electrons. The molecule has 2 saturated carbocycles. The molecule has 2 aromatic heterocycles. The van der Waals surface area contributed by atoms with Crippen molar-refractivity contribution >= 4 is 28.2 Å². The molecule has 2 atom stereocenters. The second kappa shape index (κ2) is 10.8. The number of hydrogen-bond acceptors (Lipinski definition) is 8. The summed E-state index contributed by atoms with van der Waals surface area (Å²) in [4.78, 5) is 19.5. The lowest BCUT2D eigenvalue weighted by Crippen LogP contribution is -2.43. The van der Waals surface area contributed by atoms with Crippen molar-refractivity contribution in [1.29, 1.82) is 0 Å². The van der Waals surface area contributed by atoms with E-state index in [1.807, 2.05) is 11.8 Å². The molecule has 2 aliphatic carbocycles. The van der Waals surface area contributed by atoms with Gasteiger partial charge in [0.05, 0.1) is 17.3 Å². The van der Waals surface area contributed by atoms with Gasteiger partial charge in [0.2, 0.25) is 0 Å². The van der Waals surface area contributed by atoms with Crippen LogP contribution in [0.15, 0.2) is 15.8 Å². The number of hydrogen-bond donors (Lipinski definition) is 2. The summed E-state index contributed by atoms with van der Waals surface area (Å²) in [7, 11) is 0. The Morgan fingerprint density at radius 2 is 1.92 bits per heavy atom. The van der Waals surface area contributed by atoms with Crippen LogP contribution in [0.3, 0.4) is 0 Å². The minimum absolute atomic E-state index is 0.627. The third-order valence-corrected chi connectivity index (χ3v) is 9.78. The summed E-state index contributed by atoms with van der Waals surface area (Å²) in [5, 5.41) is 8.01. The summed E-state index contributed by atoms with van der Waals surface area (Å²) < 4.78 is 5.72. The first kappa shape index (κ1) is 24.9. The van der Waals surface area contributed by atoms with Crippen LogP contribution in [0, 0.1) is 12.8 Å². The van der Waals surface area contributed by atoms with E-state index in [0.717, 1.165) is 73.1 Å². The van der Waals surface area contributed by atoms with Crippen LogP contribution in [0.1, 0.15) is 94.9 Å². The molecule has 0 spiro atoms. The van der Waals surface area contributed by atoms with Crippen LogP contribution in [0.5, 0.6) is 0 Å². The van der Waals surface area contributed by atoms with Crippen molar-refractivity contribution in [1.82, 2.24) is 30.3 Å². The zero-order chi connectivity index (χ0) is 25.4. The molecule has 9 heteroatoms. The maximum absolute atomic E-state index is 5.72. The van der Waals surface area contributed by atoms with E-state index in [1.54, 1.807) is 5.57 Å². The number of anilines is 1. The number of nitrogens with zero attached hydrogens (tertiary/aromatic N) is 5. The molecular weight excluding hydrogens is 482 g/mol. The SMILES string of the molecule is CCCCN1CN(CCCCc2noc(C3=C(C)N[C@@H]4CCC4CS3)n2)C(=C2CCC2)c2[nH]c(C)nc21. The predicted octanol–water partition coefficient (Wildman–Crippen LogP) is 5.70. The summed E-state index contributed by atoms with van der Waals surface area (Å²) >= 11 is 1.88. The fraction of sp³-hybridized carbons (Fsp3) is 0.679. The van der Waals surface area contributed by atoms with Gasteiger partial charge in [-0.25, -0.2) is 4.98 Å². The maximum Gasteiger partial charge on any atom is 0.266 e. The average Bonchev–Trinajstić information content (AvgIpc) is 3.44. The monoisotopic (exact) mass is 523 g/mol. The number of unbranched alkanes of at least 4 members (excludes halogenated alkanes) is 2. The van der Waals surface area contributed by atoms with Crippen molar-refractivity contribution in [2.24, 2.45) is 5.92 Å². The number of fused-ring (bicyclic) bond motifs is 2. The minimum Gasteiger partial charge on any atom is -0.384 e. The lowest BCUT2D eigenvalue weighted by Gasteiger charge is -2.41. The van der Waals surface area contributed by atoms with Crippen LogP contribution in [0.4, 0.5) is 5.82 Å². The van der Waals surface area contributed by atoms with Crippen LogP contribution < -0.4 is 10.2 Å². The number of thioether (sulfide) groups is 1. The van der Waals surface area contributed by atoms with Gasteiger partial charge < -0.3 is 24.6 Å². The van der Waals surface area contributed by atoms with Crippen LogP contribution in [0.2, 0.25) is 0 Å².